The minimum Gasteiger partial charge on any atom is -0.487 e. The van der Waals surface area contributed by atoms with Gasteiger partial charge in [-0.1, -0.05) is 49.7 Å². The molecule has 2 aromatic rings. The molecule has 0 fully saturated rings. The second-order valence-electron chi connectivity index (χ2n) is 4.50. The molecule has 3 heteroatoms. The molecule has 0 spiro atoms. The summed E-state index contributed by atoms with van der Waals surface area (Å²) in [6.45, 7) is 4.91. The first-order valence-corrected chi connectivity index (χ1v) is 6.36. The first-order chi connectivity index (χ1) is 8.65. The number of hydrogen-bond acceptors (Lipinski definition) is 2. The monoisotopic (exact) mass is 261 g/mol. The third-order valence-corrected chi connectivity index (χ3v) is 2.98. The third kappa shape index (κ3) is 3.47. The van der Waals surface area contributed by atoms with Gasteiger partial charge in [0.25, 0.3) is 0 Å². The van der Waals surface area contributed by atoms with Gasteiger partial charge in [-0.2, -0.15) is 0 Å². The Labute approximate surface area is 113 Å². The van der Waals surface area contributed by atoms with E-state index in [9.17, 15) is 0 Å². The normalized spacial score (nSPS) is 10.7. The van der Waals surface area contributed by atoms with E-state index in [1.807, 2.05) is 6.07 Å². The van der Waals surface area contributed by atoms with Gasteiger partial charge in [0.15, 0.2) is 0 Å². The zero-order valence-electron chi connectivity index (χ0n) is 10.6. The molecular weight excluding hydrogens is 246 g/mol. The predicted molar refractivity (Wildman–Crippen MR) is 74.1 cm³/mol. The minimum atomic E-state index is 0.476. The first kappa shape index (κ1) is 12.9. The van der Waals surface area contributed by atoms with Crippen LogP contribution in [-0.2, 0) is 6.61 Å². The second-order valence-corrected chi connectivity index (χ2v) is 4.89. The zero-order valence-corrected chi connectivity index (χ0v) is 11.3. The number of aromatic nitrogens is 1. The minimum absolute atomic E-state index is 0.476. The maximum absolute atomic E-state index is 5.71. The molecule has 94 valence electrons. The van der Waals surface area contributed by atoms with Crippen LogP contribution < -0.4 is 4.74 Å². The Morgan fingerprint density at radius 2 is 1.83 bits per heavy atom. The average molecular weight is 262 g/mol. The van der Waals surface area contributed by atoms with Crippen LogP contribution in [0, 0.1) is 0 Å². The van der Waals surface area contributed by atoms with E-state index < -0.39 is 0 Å². The summed E-state index contributed by atoms with van der Waals surface area (Å²) in [6, 6.07) is 12.0. The fraction of sp³-hybridized carbons (Fsp3) is 0.267. The lowest BCUT2D eigenvalue weighted by atomic mass is 10.0. The Balaban J connectivity index is 1.95. The van der Waals surface area contributed by atoms with E-state index in [1.165, 1.54) is 5.56 Å². The van der Waals surface area contributed by atoms with E-state index in [1.54, 1.807) is 12.3 Å². The Hall–Kier alpha value is -1.54. The summed E-state index contributed by atoms with van der Waals surface area (Å²) in [5.74, 6) is 1.28. The molecule has 1 heterocycles. The summed E-state index contributed by atoms with van der Waals surface area (Å²) in [4.78, 5) is 3.97. The van der Waals surface area contributed by atoms with E-state index in [-0.39, 0.29) is 0 Å². The molecule has 0 aliphatic rings. The van der Waals surface area contributed by atoms with Crippen molar-refractivity contribution in [2.75, 3.05) is 0 Å². The molecule has 2 rings (SSSR count). The van der Waals surface area contributed by atoms with Crippen LogP contribution in [0.2, 0.25) is 5.15 Å². The second kappa shape index (κ2) is 5.87. The Bertz CT molecular complexity index is 491. The number of rotatable bonds is 4. The van der Waals surface area contributed by atoms with Crippen LogP contribution >= 0.6 is 11.6 Å². The largest absolute Gasteiger partial charge is 0.487 e. The van der Waals surface area contributed by atoms with E-state index in [2.05, 4.69) is 43.1 Å². The maximum atomic E-state index is 5.71. The van der Waals surface area contributed by atoms with Crippen molar-refractivity contribution >= 4 is 11.6 Å². The van der Waals surface area contributed by atoms with Crippen molar-refractivity contribution < 1.29 is 4.74 Å². The van der Waals surface area contributed by atoms with Crippen molar-refractivity contribution in [2.45, 2.75) is 26.4 Å². The van der Waals surface area contributed by atoms with Crippen molar-refractivity contribution in [3.63, 3.8) is 0 Å². The number of halogens is 1. The Kier molecular flexibility index (Phi) is 4.21. The topological polar surface area (TPSA) is 22.1 Å². The van der Waals surface area contributed by atoms with Gasteiger partial charge in [-0.3, -0.25) is 0 Å². The fourth-order valence-corrected chi connectivity index (χ4v) is 1.72. The quantitative estimate of drug-likeness (QED) is 0.759. The van der Waals surface area contributed by atoms with Crippen LogP contribution in [0.25, 0.3) is 0 Å². The van der Waals surface area contributed by atoms with Crippen LogP contribution in [-0.4, -0.2) is 4.98 Å². The van der Waals surface area contributed by atoms with Gasteiger partial charge in [-0.05, 0) is 29.2 Å². The number of benzene rings is 1. The SMILES string of the molecule is CC(C)c1ccc(COc2ccc(Cl)nc2)cc1. The number of ether oxygens (including phenoxy) is 1. The zero-order chi connectivity index (χ0) is 13.0. The summed E-state index contributed by atoms with van der Waals surface area (Å²) >= 11 is 5.71. The van der Waals surface area contributed by atoms with Gasteiger partial charge in [-0.25, -0.2) is 4.98 Å². The van der Waals surface area contributed by atoms with Crippen LogP contribution in [0.4, 0.5) is 0 Å². The molecule has 0 aliphatic heterocycles. The van der Waals surface area contributed by atoms with Gasteiger partial charge in [0.1, 0.15) is 17.5 Å². The molecule has 0 N–H and O–H groups in total. The molecule has 0 amide bonds. The van der Waals surface area contributed by atoms with E-state index >= 15 is 0 Å². The summed E-state index contributed by atoms with van der Waals surface area (Å²) in [7, 11) is 0. The van der Waals surface area contributed by atoms with Crippen molar-refractivity contribution in [2.24, 2.45) is 0 Å². The average Bonchev–Trinajstić information content (AvgIpc) is 2.38. The molecule has 1 aromatic carbocycles. The van der Waals surface area contributed by atoms with Crippen molar-refractivity contribution in [1.82, 2.24) is 4.98 Å². The highest BCUT2D eigenvalue weighted by atomic mass is 35.5. The maximum Gasteiger partial charge on any atom is 0.138 e. The highest BCUT2D eigenvalue weighted by molar-refractivity contribution is 6.29. The summed E-state index contributed by atoms with van der Waals surface area (Å²) < 4.78 is 5.63. The number of nitrogens with zero attached hydrogens (tertiary/aromatic N) is 1. The van der Waals surface area contributed by atoms with Gasteiger partial charge < -0.3 is 4.74 Å². The van der Waals surface area contributed by atoms with E-state index in [0.29, 0.717) is 17.7 Å². The third-order valence-electron chi connectivity index (χ3n) is 2.75. The Morgan fingerprint density at radius 3 is 2.39 bits per heavy atom. The van der Waals surface area contributed by atoms with Crippen LogP contribution in [0.1, 0.15) is 30.9 Å². The summed E-state index contributed by atoms with van der Waals surface area (Å²) in [6.07, 6.45) is 1.63. The highest BCUT2D eigenvalue weighted by Crippen LogP contribution is 2.17. The lowest BCUT2D eigenvalue weighted by Gasteiger charge is -2.08. The molecule has 0 radical (unpaired) electrons. The molecule has 0 saturated heterocycles. The van der Waals surface area contributed by atoms with E-state index in [4.69, 9.17) is 16.3 Å². The van der Waals surface area contributed by atoms with Gasteiger partial charge in [0.2, 0.25) is 0 Å². The lowest BCUT2D eigenvalue weighted by molar-refractivity contribution is 0.305. The summed E-state index contributed by atoms with van der Waals surface area (Å²) in [5.41, 5.74) is 2.49. The van der Waals surface area contributed by atoms with Crippen molar-refractivity contribution in [3.8, 4) is 5.75 Å². The van der Waals surface area contributed by atoms with Gasteiger partial charge in [0, 0.05) is 0 Å². The molecule has 18 heavy (non-hydrogen) atoms. The lowest BCUT2D eigenvalue weighted by Crippen LogP contribution is -1.96. The van der Waals surface area contributed by atoms with Gasteiger partial charge >= 0.3 is 0 Å². The van der Waals surface area contributed by atoms with Crippen LogP contribution in [0.5, 0.6) is 5.75 Å². The molecule has 0 unspecified atom stereocenters. The van der Waals surface area contributed by atoms with E-state index in [0.717, 1.165) is 11.3 Å². The first-order valence-electron chi connectivity index (χ1n) is 5.98. The predicted octanol–water partition coefficient (Wildman–Crippen LogP) is 4.44. The van der Waals surface area contributed by atoms with Crippen molar-refractivity contribution in [1.29, 1.82) is 0 Å². The molecule has 0 saturated carbocycles. The molecular formula is C15H16ClNO. The molecule has 1 aromatic heterocycles. The van der Waals surface area contributed by atoms with Crippen LogP contribution in [0.15, 0.2) is 42.6 Å². The smallest absolute Gasteiger partial charge is 0.138 e. The summed E-state index contributed by atoms with van der Waals surface area (Å²) in [5, 5.41) is 0.476. The molecule has 2 nitrogen and oxygen atoms in total. The van der Waals surface area contributed by atoms with Gasteiger partial charge in [0.05, 0.1) is 6.20 Å². The number of pyridine rings is 1. The molecule has 0 atom stereocenters. The molecule has 0 bridgehead atoms. The highest BCUT2D eigenvalue weighted by Gasteiger charge is 2.00. The number of hydrogen-bond donors (Lipinski definition) is 0. The Morgan fingerprint density at radius 1 is 1.11 bits per heavy atom. The molecule has 0 aliphatic carbocycles. The van der Waals surface area contributed by atoms with Crippen molar-refractivity contribution in [3.05, 3.63) is 58.9 Å². The van der Waals surface area contributed by atoms with Gasteiger partial charge in [-0.15, -0.1) is 0 Å². The van der Waals surface area contributed by atoms with Crippen LogP contribution in [0.3, 0.4) is 0 Å². The fourth-order valence-electron chi connectivity index (χ4n) is 1.61. The standard InChI is InChI=1S/C15H16ClNO/c1-11(2)13-5-3-12(4-6-13)10-18-14-7-8-15(16)17-9-14/h3-9,11H,10H2,1-2H3.